The Morgan fingerprint density at radius 3 is 1.51 bits per heavy atom. The number of hydrogen-bond acceptors (Lipinski definition) is 1. The summed E-state index contributed by atoms with van der Waals surface area (Å²) in [7, 11) is 0. The maximum atomic E-state index is 9.46. The van der Waals surface area contributed by atoms with E-state index in [1.807, 2.05) is 84.9 Å². The normalized spacial score (nSPS) is 15.4. The van der Waals surface area contributed by atoms with Crippen LogP contribution in [0.3, 0.4) is 0 Å². The van der Waals surface area contributed by atoms with E-state index >= 15 is 0 Å². The van der Waals surface area contributed by atoms with Crippen LogP contribution in [-0.4, -0.2) is 9.13 Å². The second-order valence-electron chi connectivity index (χ2n) is 12.0. The molecule has 0 saturated heterocycles. The molecule has 2 heterocycles. The molecule has 0 unspecified atom stereocenters. The molecule has 0 aliphatic rings. The minimum atomic E-state index is -0.771. The van der Waals surface area contributed by atoms with Gasteiger partial charge in [0.2, 0.25) is 0 Å². The van der Waals surface area contributed by atoms with Crippen molar-refractivity contribution in [2.75, 3.05) is 4.90 Å². The molecule has 0 fully saturated rings. The molecule has 240 valence electrons. The molecular weight excluding hydrogens is 619 g/mol. The largest absolute Gasteiger partial charge is 0.310 e. The first-order valence-electron chi connectivity index (χ1n) is 23.3. The second-order valence-corrected chi connectivity index (χ2v) is 12.0. The average molecular weight is 666 g/mol. The minimum Gasteiger partial charge on any atom is -0.310 e. The van der Waals surface area contributed by atoms with E-state index in [2.05, 4.69) is 27.3 Å². The van der Waals surface area contributed by atoms with Gasteiger partial charge in [-0.2, -0.15) is 0 Å². The van der Waals surface area contributed by atoms with Gasteiger partial charge in [0, 0.05) is 50.0 Å². The number of aromatic nitrogens is 2. The molecule has 0 N–H and O–H groups in total. The van der Waals surface area contributed by atoms with Gasteiger partial charge in [0.15, 0.2) is 0 Å². The maximum Gasteiger partial charge on any atom is 0.0788 e. The zero-order chi connectivity index (χ0) is 45.9. The summed E-state index contributed by atoms with van der Waals surface area (Å²) < 4.78 is 128. The third-order valence-electron chi connectivity index (χ3n) is 9.13. The Bertz CT molecular complexity index is 3570. The van der Waals surface area contributed by atoms with Crippen LogP contribution in [0.1, 0.15) is 19.2 Å². The molecule has 0 aliphatic carbocycles. The standard InChI is InChI=1S/C48H33N3/c1-5-15-34(16-6-1)35-25-27-39(28-26-35)49(36-17-7-2-8-18-36)40-29-30-42-44-32-31-43-41-23-13-14-24-45(41)50(37-19-9-3-10-20-37)47(43)48(44)51(46(42)33-40)38-21-11-4-12-22-38/h1-33H/i1D,2D,5D,6D,7D,8D,15D,16D,17D,18D,25D,26D,27D,28D. The number of benzene rings is 8. The molecule has 0 bridgehead atoms. The predicted molar refractivity (Wildman–Crippen MR) is 215 cm³/mol. The first-order chi connectivity index (χ1) is 31.1. The Labute approximate surface area is 316 Å². The zero-order valence-electron chi connectivity index (χ0n) is 40.8. The van der Waals surface area contributed by atoms with Gasteiger partial charge in [-0.3, -0.25) is 0 Å². The van der Waals surface area contributed by atoms with E-state index < -0.39 is 107 Å². The number of nitrogens with zero attached hydrogens (tertiary/aromatic N) is 3. The quantitative estimate of drug-likeness (QED) is 0.172. The predicted octanol–water partition coefficient (Wildman–Crippen LogP) is 13.0. The summed E-state index contributed by atoms with van der Waals surface area (Å²) in [5, 5.41) is 3.66. The Kier molecular flexibility index (Phi) is 4.27. The highest BCUT2D eigenvalue weighted by Crippen LogP contribution is 2.44. The van der Waals surface area contributed by atoms with Crippen molar-refractivity contribution in [1.82, 2.24) is 9.13 Å². The molecule has 3 heteroatoms. The SMILES string of the molecule is [2H]c1c([2H])c([2H])c(-c2c([2H])c([2H])c(N(c3ccc4c5ccc6c7ccccc7n(-c7ccccc7)c6c5n(-c5ccccc5)c4c3)c3c([2H])c([2H])c([2H])c([2H])c3[2H])c([2H])c2[2H])c([2H])c1[2H]. The van der Waals surface area contributed by atoms with Crippen molar-refractivity contribution in [2.24, 2.45) is 0 Å². The Balaban J connectivity index is 1.35. The van der Waals surface area contributed by atoms with Gasteiger partial charge in [0.1, 0.15) is 0 Å². The summed E-state index contributed by atoms with van der Waals surface area (Å²) in [4.78, 5) is 1.12. The van der Waals surface area contributed by atoms with Crippen molar-refractivity contribution in [1.29, 1.82) is 0 Å². The summed E-state index contributed by atoms with van der Waals surface area (Å²) in [5.41, 5.74) is 3.09. The van der Waals surface area contributed by atoms with Crippen molar-refractivity contribution < 1.29 is 19.2 Å². The highest BCUT2D eigenvalue weighted by molar-refractivity contribution is 6.24. The van der Waals surface area contributed by atoms with E-state index in [4.69, 9.17) is 13.7 Å². The van der Waals surface area contributed by atoms with Crippen LogP contribution in [0.15, 0.2) is 200 Å². The molecule has 0 aliphatic heterocycles. The first kappa shape index (κ1) is 18.2. The van der Waals surface area contributed by atoms with Gasteiger partial charge in [0.05, 0.1) is 41.3 Å². The summed E-state index contributed by atoms with van der Waals surface area (Å²) in [6, 6.07) is 26.9. The van der Waals surface area contributed by atoms with Crippen LogP contribution in [0, 0.1) is 0 Å². The summed E-state index contributed by atoms with van der Waals surface area (Å²) in [6.45, 7) is 0. The lowest BCUT2D eigenvalue weighted by Gasteiger charge is -2.26. The molecular formula is C48H33N3. The van der Waals surface area contributed by atoms with Gasteiger partial charge in [-0.1, -0.05) is 133 Å². The van der Waals surface area contributed by atoms with Crippen LogP contribution < -0.4 is 4.90 Å². The van der Waals surface area contributed by atoms with Crippen molar-refractivity contribution in [3.63, 3.8) is 0 Å². The Morgan fingerprint density at radius 2 is 0.863 bits per heavy atom. The van der Waals surface area contributed by atoms with E-state index in [1.54, 1.807) is 12.1 Å². The van der Waals surface area contributed by atoms with Crippen LogP contribution in [-0.2, 0) is 0 Å². The Morgan fingerprint density at radius 1 is 0.373 bits per heavy atom. The van der Waals surface area contributed by atoms with Crippen molar-refractivity contribution >= 4 is 60.7 Å². The topological polar surface area (TPSA) is 13.1 Å². The van der Waals surface area contributed by atoms with Crippen LogP contribution in [0.4, 0.5) is 17.1 Å². The average Bonchev–Trinajstić information content (AvgIpc) is 3.84. The van der Waals surface area contributed by atoms with Gasteiger partial charge >= 0.3 is 0 Å². The molecule has 8 aromatic carbocycles. The third-order valence-corrected chi connectivity index (χ3v) is 9.13. The molecule has 0 atom stereocenters. The van der Waals surface area contributed by atoms with Gasteiger partial charge in [-0.15, -0.1) is 0 Å². The summed E-state index contributed by atoms with van der Waals surface area (Å²) in [5.74, 6) is 0. The first-order valence-corrected chi connectivity index (χ1v) is 16.3. The number of fused-ring (bicyclic) bond motifs is 7. The fraction of sp³-hybridized carbons (Fsp3) is 0. The lowest BCUT2D eigenvalue weighted by atomic mass is 10.0. The number of rotatable bonds is 6. The Hall–Kier alpha value is -6.84. The third kappa shape index (κ3) is 4.74. The van der Waals surface area contributed by atoms with Crippen molar-refractivity contribution in [3.05, 3.63) is 200 Å². The highest BCUT2D eigenvalue weighted by Gasteiger charge is 2.22. The van der Waals surface area contributed by atoms with Crippen molar-refractivity contribution in [2.45, 2.75) is 0 Å². The molecule has 0 saturated carbocycles. The number of anilines is 3. The molecule has 10 aromatic rings. The van der Waals surface area contributed by atoms with E-state index in [0.717, 1.165) is 54.4 Å². The van der Waals surface area contributed by atoms with E-state index in [-0.39, 0.29) is 5.69 Å². The van der Waals surface area contributed by atoms with Crippen LogP contribution in [0.5, 0.6) is 0 Å². The molecule has 0 radical (unpaired) electrons. The maximum absolute atomic E-state index is 9.46. The molecule has 2 aromatic heterocycles. The van der Waals surface area contributed by atoms with E-state index in [0.29, 0.717) is 5.52 Å². The lowest BCUT2D eigenvalue weighted by molar-refractivity contribution is 1.15. The van der Waals surface area contributed by atoms with Gasteiger partial charge in [-0.25, -0.2) is 0 Å². The van der Waals surface area contributed by atoms with E-state index in [9.17, 15) is 5.48 Å². The molecule has 0 spiro atoms. The number of para-hydroxylation sites is 4. The smallest absolute Gasteiger partial charge is 0.0788 e. The second kappa shape index (κ2) is 11.9. The van der Waals surface area contributed by atoms with E-state index in [1.165, 1.54) is 0 Å². The molecule has 10 rings (SSSR count). The lowest BCUT2D eigenvalue weighted by Crippen LogP contribution is -2.10. The molecule has 51 heavy (non-hydrogen) atoms. The van der Waals surface area contributed by atoms with Crippen LogP contribution in [0.25, 0.3) is 66.1 Å². The number of hydrogen-bond donors (Lipinski definition) is 0. The van der Waals surface area contributed by atoms with Gasteiger partial charge < -0.3 is 14.0 Å². The van der Waals surface area contributed by atoms with Crippen LogP contribution in [0.2, 0.25) is 0 Å². The van der Waals surface area contributed by atoms with Gasteiger partial charge in [0.25, 0.3) is 0 Å². The summed E-state index contributed by atoms with van der Waals surface area (Å²) in [6.07, 6.45) is 0. The minimum absolute atomic E-state index is 0.118. The highest BCUT2D eigenvalue weighted by atomic mass is 15.1. The fourth-order valence-electron chi connectivity index (χ4n) is 7.01. The van der Waals surface area contributed by atoms with Crippen molar-refractivity contribution in [3.8, 4) is 22.5 Å². The van der Waals surface area contributed by atoms with Crippen LogP contribution >= 0.6 is 0 Å². The molecule has 0 amide bonds. The summed E-state index contributed by atoms with van der Waals surface area (Å²) >= 11 is 0. The fourth-order valence-corrected chi connectivity index (χ4v) is 7.01. The molecule has 3 nitrogen and oxygen atoms in total. The monoisotopic (exact) mass is 665 g/mol. The zero-order valence-corrected chi connectivity index (χ0v) is 26.8. The van der Waals surface area contributed by atoms with Gasteiger partial charge in [-0.05, 0) is 77.8 Å².